The maximum atomic E-state index is 11.3. The van der Waals surface area contributed by atoms with Crippen molar-refractivity contribution in [2.24, 2.45) is 0 Å². The molecule has 5 nitrogen and oxygen atoms in total. The van der Waals surface area contributed by atoms with Gasteiger partial charge in [-0.1, -0.05) is 0 Å². The van der Waals surface area contributed by atoms with Crippen LogP contribution in [0.1, 0.15) is 13.3 Å². The van der Waals surface area contributed by atoms with E-state index in [4.69, 9.17) is 10.00 Å². The molecule has 1 rings (SSSR count). The van der Waals surface area contributed by atoms with Gasteiger partial charge in [0.25, 0.3) is 0 Å². The quantitative estimate of drug-likeness (QED) is 0.780. The Morgan fingerprint density at radius 3 is 2.53 bits per heavy atom. The number of ether oxygens (including phenoxy) is 1. The summed E-state index contributed by atoms with van der Waals surface area (Å²) < 4.78 is 5.05. The molecule has 0 aliphatic carbocycles. The smallest absolute Gasteiger partial charge is 0.231 e. The molecule has 0 radical (unpaired) electrons. The fourth-order valence-corrected chi connectivity index (χ4v) is 1.18. The van der Waals surface area contributed by atoms with Crippen LogP contribution in [-0.2, 0) is 9.59 Å². The van der Waals surface area contributed by atoms with Crippen LogP contribution in [-0.4, -0.2) is 18.3 Å². The lowest BCUT2D eigenvalue weighted by atomic mass is 10.2. The fourth-order valence-electron chi connectivity index (χ4n) is 1.18. The van der Waals surface area contributed by atoms with E-state index >= 15 is 0 Å². The molecule has 1 aromatic carbocycles. The molecule has 1 amide bonds. The molecule has 0 fully saturated rings. The van der Waals surface area contributed by atoms with Crippen molar-refractivity contribution in [3.63, 3.8) is 0 Å². The third kappa shape index (κ3) is 4.80. The van der Waals surface area contributed by atoms with Crippen LogP contribution < -0.4 is 10.1 Å². The number of ketones is 1. The summed E-state index contributed by atoms with van der Waals surface area (Å²) in [6, 6.07) is 8.42. The number of benzene rings is 1. The van der Waals surface area contributed by atoms with Gasteiger partial charge < -0.3 is 10.1 Å². The molecule has 0 aliphatic heterocycles. The van der Waals surface area contributed by atoms with Gasteiger partial charge in [0.1, 0.15) is 17.6 Å². The zero-order valence-corrected chi connectivity index (χ0v) is 9.40. The first-order chi connectivity index (χ1) is 8.11. The van der Waals surface area contributed by atoms with Crippen molar-refractivity contribution in [2.75, 3.05) is 11.9 Å². The number of rotatable bonds is 5. The van der Waals surface area contributed by atoms with Gasteiger partial charge in [-0.05, 0) is 31.2 Å². The Hall–Kier alpha value is -2.35. The van der Waals surface area contributed by atoms with E-state index in [9.17, 15) is 9.59 Å². The van der Waals surface area contributed by atoms with Crippen molar-refractivity contribution in [3.8, 4) is 11.8 Å². The Morgan fingerprint density at radius 1 is 1.35 bits per heavy atom. The summed E-state index contributed by atoms with van der Waals surface area (Å²) in [5, 5.41) is 10.9. The van der Waals surface area contributed by atoms with Crippen molar-refractivity contribution in [2.45, 2.75) is 13.3 Å². The first kappa shape index (κ1) is 12.7. The normalized spacial score (nSPS) is 9.18. The molecule has 5 heteroatoms. The van der Waals surface area contributed by atoms with Gasteiger partial charge in [0.15, 0.2) is 6.61 Å². The number of hydrogen-bond donors (Lipinski definition) is 1. The minimum atomic E-state index is -0.344. The Kier molecular flexibility index (Phi) is 4.70. The zero-order chi connectivity index (χ0) is 12.7. The van der Waals surface area contributed by atoms with Crippen molar-refractivity contribution in [1.29, 1.82) is 5.26 Å². The van der Waals surface area contributed by atoms with Crippen molar-refractivity contribution < 1.29 is 14.3 Å². The molecule has 0 unspecified atom stereocenters. The van der Waals surface area contributed by atoms with Gasteiger partial charge in [0.2, 0.25) is 5.91 Å². The predicted octanol–water partition coefficient (Wildman–Crippen LogP) is 1.51. The summed E-state index contributed by atoms with van der Waals surface area (Å²) in [6.07, 6.45) is -0.132. The van der Waals surface area contributed by atoms with Crippen molar-refractivity contribution >= 4 is 17.4 Å². The minimum absolute atomic E-state index is 0.0178. The molecule has 0 aliphatic rings. The van der Waals surface area contributed by atoms with E-state index in [1.165, 1.54) is 6.92 Å². The molecule has 1 aromatic rings. The average molecular weight is 232 g/mol. The Labute approximate surface area is 99.0 Å². The van der Waals surface area contributed by atoms with Gasteiger partial charge in [-0.2, -0.15) is 5.26 Å². The van der Waals surface area contributed by atoms with Crippen LogP contribution in [0.3, 0.4) is 0 Å². The van der Waals surface area contributed by atoms with Crippen molar-refractivity contribution in [1.82, 2.24) is 0 Å². The molecule has 0 bridgehead atoms. The summed E-state index contributed by atoms with van der Waals surface area (Å²) in [4.78, 5) is 22.0. The lowest BCUT2D eigenvalue weighted by Crippen LogP contribution is -2.14. The lowest BCUT2D eigenvalue weighted by Gasteiger charge is -2.05. The minimum Gasteiger partial charge on any atom is -0.479 e. The number of carbonyl (C=O) groups excluding carboxylic acids is 2. The second kappa shape index (κ2) is 6.28. The van der Waals surface area contributed by atoms with Crippen LogP contribution in [0.25, 0.3) is 0 Å². The highest BCUT2D eigenvalue weighted by Gasteiger charge is 2.05. The molecular weight excluding hydrogens is 220 g/mol. The number of nitriles is 1. The highest BCUT2D eigenvalue weighted by atomic mass is 16.5. The number of hydrogen-bond acceptors (Lipinski definition) is 4. The topological polar surface area (TPSA) is 79.2 Å². The Balaban J connectivity index is 2.53. The van der Waals surface area contributed by atoms with Crippen LogP contribution in [0, 0.1) is 11.3 Å². The van der Waals surface area contributed by atoms with Crippen LogP contribution in [0.15, 0.2) is 24.3 Å². The standard InChI is InChI=1S/C12H12N2O3/c1-9(15)8-12(16)14-10-2-4-11(5-3-10)17-7-6-13/h2-5H,7-8H2,1H3,(H,14,16). The Bertz CT molecular complexity index is 446. The summed E-state index contributed by atoms with van der Waals surface area (Å²) in [5.41, 5.74) is 0.584. The van der Waals surface area contributed by atoms with Crippen LogP contribution in [0.5, 0.6) is 5.75 Å². The number of nitrogens with zero attached hydrogens (tertiary/aromatic N) is 1. The van der Waals surface area contributed by atoms with E-state index in [0.29, 0.717) is 11.4 Å². The van der Waals surface area contributed by atoms with Gasteiger partial charge in [-0.15, -0.1) is 0 Å². The molecule has 1 N–H and O–H groups in total. The Morgan fingerprint density at radius 2 is 2.00 bits per heavy atom. The average Bonchev–Trinajstić information content (AvgIpc) is 2.27. The number of nitrogens with one attached hydrogen (secondary N) is 1. The van der Waals surface area contributed by atoms with Gasteiger partial charge in [0.05, 0.1) is 6.42 Å². The maximum Gasteiger partial charge on any atom is 0.231 e. The van der Waals surface area contributed by atoms with Crippen LogP contribution in [0.4, 0.5) is 5.69 Å². The van der Waals surface area contributed by atoms with E-state index in [-0.39, 0.29) is 24.7 Å². The molecule has 0 aromatic heterocycles. The molecule has 0 heterocycles. The molecule has 0 atom stereocenters. The second-order valence-electron chi connectivity index (χ2n) is 3.40. The van der Waals surface area contributed by atoms with Crippen LogP contribution >= 0.6 is 0 Å². The first-order valence-corrected chi connectivity index (χ1v) is 5.01. The molecule has 0 spiro atoms. The molecule has 88 valence electrons. The number of carbonyl (C=O) groups is 2. The van der Waals surface area contributed by atoms with Gasteiger partial charge >= 0.3 is 0 Å². The number of anilines is 1. The maximum absolute atomic E-state index is 11.3. The molecule has 0 saturated carbocycles. The number of Topliss-reactive ketones (excluding diaryl/α,β-unsaturated/α-hetero) is 1. The molecule has 17 heavy (non-hydrogen) atoms. The van der Waals surface area contributed by atoms with Crippen LogP contribution in [0.2, 0.25) is 0 Å². The largest absolute Gasteiger partial charge is 0.479 e. The summed E-state index contributed by atoms with van der Waals surface area (Å²) in [6.45, 7) is 1.34. The van der Waals surface area contributed by atoms with Gasteiger partial charge in [0, 0.05) is 5.69 Å². The highest BCUT2D eigenvalue weighted by molar-refractivity contribution is 6.03. The SMILES string of the molecule is CC(=O)CC(=O)Nc1ccc(OCC#N)cc1. The second-order valence-corrected chi connectivity index (χ2v) is 3.40. The predicted molar refractivity (Wildman–Crippen MR) is 61.5 cm³/mol. The van der Waals surface area contributed by atoms with E-state index in [1.807, 2.05) is 6.07 Å². The number of amides is 1. The van der Waals surface area contributed by atoms with E-state index < -0.39 is 0 Å². The summed E-state index contributed by atoms with van der Waals surface area (Å²) in [5.74, 6) is 0.0239. The zero-order valence-electron chi connectivity index (χ0n) is 9.40. The molecule has 0 saturated heterocycles. The third-order valence-electron chi connectivity index (χ3n) is 1.85. The van der Waals surface area contributed by atoms with Gasteiger partial charge in [-0.3, -0.25) is 9.59 Å². The summed E-state index contributed by atoms with van der Waals surface area (Å²) >= 11 is 0. The van der Waals surface area contributed by atoms with Gasteiger partial charge in [-0.25, -0.2) is 0 Å². The first-order valence-electron chi connectivity index (χ1n) is 5.01. The summed E-state index contributed by atoms with van der Waals surface area (Å²) in [7, 11) is 0. The van der Waals surface area contributed by atoms with Crippen molar-refractivity contribution in [3.05, 3.63) is 24.3 Å². The fraction of sp³-hybridized carbons (Fsp3) is 0.250. The third-order valence-corrected chi connectivity index (χ3v) is 1.85. The molecular formula is C12H12N2O3. The lowest BCUT2D eigenvalue weighted by molar-refractivity contribution is -0.124. The van der Waals surface area contributed by atoms with E-state index in [1.54, 1.807) is 24.3 Å². The van der Waals surface area contributed by atoms with E-state index in [0.717, 1.165) is 0 Å². The monoisotopic (exact) mass is 232 g/mol. The van der Waals surface area contributed by atoms with E-state index in [2.05, 4.69) is 5.32 Å². The highest BCUT2D eigenvalue weighted by Crippen LogP contribution is 2.15.